The molecule has 0 aliphatic heterocycles. The molecule has 2 rings (SSSR count). The molecule has 2 heterocycles. The van der Waals surface area contributed by atoms with Gasteiger partial charge in [-0.2, -0.15) is 0 Å². The molecular weight excluding hydrogens is 238 g/mol. The van der Waals surface area contributed by atoms with Crippen molar-refractivity contribution in [1.82, 2.24) is 10.3 Å². The van der Waals surface area contributed by atoms with Crippen LogP contribution in [0.25, 0.3) is 0 Å². The SMILES string of the molecule is CNCc1cnc(N(C)Cc2cccs2)s1. The molecule has 5 heteroatoms. The van der Waals surface area contributed by atoms with Crippen molar-refractivity contribution in [3.05, 3.63) is 33.5 Å². The lowest BCUT2D eigenvalue weighted by molar-refractivity contribution is 0.829. The fraction of sp³-hybridized carbons (Fsp3) is 0.364. The van der Waals surface area contributed by atoms with E-state index in [1.807, 2.05) is 13.2 Å². The lowest BCUT2D eigenvalue weighted by Gasteiger charge is -2.13. The molecule has 86 valence electrons. The van der Waals surface area contributed by atoms with Gasteiger partial charge in [0, 0.05) is 29.5 Å². The van der Waals surface area contributed by atoms with Gasteiger partial charge in [-0.3, -0.25) is 0 Å². The standard InChI is InChI=1S/C11H15N3S2/c1-12-6-10-7-13-11(16-10)14(2)8-9-4-3-5-15-9/h3-5,7,12H,6,8H2,1-2H3. The van der Waals surface area contributed by atoms with Crippen LogP contribution >= 0.6 is 22.7 Å². The van der Waals surface area contributed by atoms with Gasteiger partial charge in [0.2, 0.25) is 0 Å². The molecule has 0 bridgehead atoms. The van der Waals surface area contributed by atoms with Crippen LogP contribution in [0.3, 0.4) is 0 Å². The minimum atomic E-state index is 0.893. The average Bonchev–Trinajstić information content (AvgIpc) is 2.89. The number of nitrogens with zero attached hydrogens (tertiary/aromatic N) is 2. The summed E-state index contributed by atoms with van der Waals surface area (Å²) in [4.78, 5) is 9.26. The van der Waals surface area contributed by atoms with Crippen molar-refractivity contribution in [3.8, 4) is 0 Å². The minimum Gasteiger partial charge on any atom is -0.346 e. The first-order valence-corrected chi connectivity index (χ1v) is 6.82. The fourth-order valence-electron chi connectivity index (χ4n) is 1.43. The van der Waals surface area contributed by atoms with Crippen LogP contribution in [-0.4, -0.2) is 19.1 Å². The van der Waals surface area contributed by atoms with Crippen LogP contribution in [0, 0.1) is 0 Å². The Labute approximate surface area is 104 Å². The molecule has 0 saturated carbocycles. The van der Waals surface area contributed by atoms with Gasteiger partial charge in [0.15, 0.2) is 5.13 Å². The second-order valence-corrected chi connectivity index (χ2v) is 5.70. The van der Waals surface area contributed by atoms with E-state index in [0.29, 0.717) is 0 Å². The van der Waals surface area contributed by atoms with E-state index in [1.54, 1.807) is 22.7 Å². The molecule has 1 N–H and O–H groups in total. The highest BCUT2D eigenvalue weighted by atomic mass is 32.1. The number of thiophene rings is 1. The zero-order valence-electron chi connectivity index (χ0n) is 9.43. The molecule has 0 atom stereocenters. The second kappa shape index (κ2) is 5.43. The van der Waals surface area contributed by atoms with Gasteiger partial charge in [-0.15, -0.1) is 22.7 Å². The highest BCUT2D eigenvalue weighted by Crippen LogP contribution is 2.23. The van der Waals surface area contributed by atoms with Gasteiger partial charge in [0.25, 0.3) is 0 Å². The molecule has 0 unspecified atom stereocenters. The topological polar surface area (TPSA) is 28.2 Å². The molecule has 0 radical (unpaired) electrons. The Balaban J connectivity index is 2.00. The summed E-state index contributed by atoms with van der Waals surface area (Å²) in [6.07, 6.45) is 1.95. The molecule has 16 heavy (non-hydrogen) atoms. The lowest BCUT2D eigenvalue weighted by Crippen LogP contribution is -2.14. The van der Waals surface area contributed by atoms with Gasteiger partial charge >= 0.3 is 0 Å². The van der Waals surface area contributed by atoms with Crippen molar-refractivity contribution in [2.24, 2.45) is 0 Å². The Hall–Kier alpha value is -0.910. The number of thiazole rings is 1. The highest BCUT2D eigenvalue weighted by molar-refractivity contribution is 7.15. The third-order valence-corrected chi connectivity index (χ3v) is 4.16. The van der Waals surface area contributed by atoms with Crippen LogP contribution in [0.15, 0.2) is 23.7 Å². The molecule has 2 aromatic rings. The Morgan fingerprint density at radius 3 is 3.00 bits per heavy atom. The summed E-state index contributed by atoms with van der Waals surface area (Å²) in [5.41, 5.74) is 0. The molecule has 3 nitrogen and oxygen atoms in total. The van der Waals surface area contributed by atoms with E-state index in [-0.39, 0.29) is 0 Å². The van der Waals surface area contributed by atoms with Crippen LogP contribution in [0.5, 0.6) is 0 Å². The molecule has 0 spiro atoms. The number of hydrogen-bond acceptors (Lipinski definition) is 5. The number of rotatable bonds is 5. The van der Waals surface area contributed by atoms with Crippen LogP contribution in [0.2, 0.25) is 0 Å². The third-order valence-electron chi connectivity index (χ3n) is 2.19. The molecular formula is C11H15N3S2. The first-order chi connectivity index (χ1) is 7.79. The highest BCUT2D eigenvalue weighted by Gasteiger charge is 2.07. The summed E-state index contributed by atoms with van der Waals surface area (Å²) in [5.74, 6) is 0. The van der Waals surface area contributed by atoms with Crippen LogP contribution in [0.1, 0.15) is 9.75 Å². The van der Waals surface area contributed by atoms with Crippen LogP contribution in [-0.2, 0) is 13.1 Å². The molecule has 0 aliphatic rings. The summed E-state index contributed by atoms with van der Waals surface area (Å²) in [6.45, 7) is 1.83. The van der Waals surface area contributed by atoms with Crippen molar-refractivity contribution >= 4 is 27.8 Å². The van der Waals surface area contributed by atoms with Gasteiger partial charge < -0.3 is 10.2 Å². The molecule has 0 fully saturated rings. The first kappa shape index (κ1) is 11.6. The van der Waals surface area contributed by atoms with E-state index < -0.39 is 0 Å². The average molecular weight is 253 g/mol. The van der Waals surface area contributed by atoms with Crippen molar-refractivity contribution in [1.29, 1.82) is 0 Å². The summed E-state index contributed by atoms with van der Waals surface area (Å²) in [6, 6.07) is 4.24. The Kier molecular flexibility index (Phi) is 3.93. The molecule has 0 amide bonds. The molecule has 2 aromatic heterocycles. The Morgan fingerprint density at radius 2 is 2.31 bits per heavy atom. The van der Waals surface area contributed by atoms with Crippen molar-refractivity contribution in [3.63, 3.8) is 0 Å². The van der Waals surface area contributed by atoms with Crippen molar-refractivity contribution in [2.75, 3.05) is 19.0 Å². The number of aromatic nitrogens is 1. The maximum atomic E-state index is 4.42. The van der Waals surface area contributed by atoms with Crippen LogP contribution in [0.4, 0.5) is 5.13 Å². The molecule has 0 aliphatic carbocycles. The van der Waals surface area contributed by atoms with Gasteiger partial charge in [0.1, 0.15) is 0 Å². The fourth-order valence-corrected chi connectivity index (χ4v) is 3.07. The Morgan fingerprint density at radius 1 is 1.44 bits per heavy atom. The normalized spacial score (nSPS) is 10.6. The minimum absolute atomic E-state index is 0.893. The second-order valence-electron chi connectivity index (χ2n) is 3.57. The van der Waals surface area contributed by atoms with E-state index in [4.69, 9.17) is 0 Å². The van der Waals surface area contributed by atoms with Gasteiger partial charge in [-0.1, -0.05) is 6.07 Å². The quantitative estimate of drug-likeness (QED) is 0.887. The van der Waals surface area contributed by atoms with Gasteiger partial charge in [0.05, 0.1) is 6.54 Å². The zero-order valence-corrected chi connectivity index (χ0v) is 11.1. The van der Waals surface area contributed by atoms with Gasteiger partial charge in [-0.25, -0.2) is 4.98 Å². The van der Waals surface area contributed by atoms with E-state index in [1.165, 1.54) is 9.75 Å². The summed E-state index contributed by atoms with van der Waals surface area (Å²) >= 11 is 3.53. The van der Waals surface area contributed by atoms with Crippen LogP contribution < -0.4 is 10.2 Å². The largest absolute Gasteiger partial charge is 0.346 e. The smallest absolute Gasteiger partial charge is 0.185 e. The van der Waals surface area contributed by atoms with E-state index >= 15 is 0 Å². The van der Waals surface area contributed by atoms with E-state index in [0.717, 1.165) is 18.2 Å². The third kappa shape index (κ3) is 2.81. The maximum Gasteiger partial charge on any atom is 0.185 e. The zero-order chi connectivity index (χ0) is 11.4. The predicted molar refractivity (Wildman–Crippen MR) is 71.3 cm³/mol. The molecule has 0 aromatic carbocycles. The lowest BCUT2D eigenvalue weighted by atomic mass is 10.4. The number of nitrogens with one attached hydrogen (secondary N) is 1. The van der Waals surface area contributed by atoms with E-state index in [2.05, 4.69) is 39.8 Å². The van der Waals surface area contributed by atoms with Crippen molar-refractivity contribution in [2.45, 2.75) is 13.1 Å². The summed E-state index contributed by atoms with van der Waals surface area (Å²) in [7, 11) is 4.04. The van der Waals surface area contributed by atoms with Gasteiger partial charge in [-0.05, 0) is 18.5 Å². The monoisotopic (exact) mass is 253 g/mol. The molecule has 0 saturated heterocycles. The maximum absolute atomic E-state index is 4.42. The number of anilines is 1. The summed E-state index contributed by atoms with van der Waals surface area (Å²) in [5, 5.41) is 6.33. The number of hydrogen-bond donors (Lipinski definition) is 1. The first-order valence-electron chi connectivity index (χ1n) is 5.12. The van der Waals surface area contributed by atoms with E-state index in [9.17, 15) is 0 Å². The van der Waals surface area contributed by atoms with Crippen molar-refractivity contribution < 1.29 is 0 Å². The summed E-state index contributed by atoms with van der Waals surface area (Å²) < 4.78 is 0. The Bertz CT molecular complexity index is 422. The predicted octanol–water partition coefficient (Wildman–Crippen LogP) is 2.56.